The van der Waals surface area contributed by atoms with Crippen molar-refractivity contribution in [1.29, 1.82) is 0 Å². The highest BCUT2D eigenvalue weighted by atomic mass is 79.9. The number of aliphatic hydroxyl groups is 1. The number of amides is 3. The maximum atomic E-state index is 13.6. The Balaban J connectivity index is 1.54. The van der Waals surface area contributed by atoms with Gasteiger partial charge < -0.3 is 29.2 Å². The van der Waals surface area contributed by atoms with Gasteiger partial charge in [0.1, 0.15) is 28.8 Å². The number of rotatable bonds is 4. The number of ketones is 1. The van der Waals surface area contributed by atoms with Gasteiger partial charge in [0.05, 0.1) is 19.1 Å². The summed E-state index contributed by atoms with van der Waals surface area (Å²) < 4.78 is 17.4. The number of hydrogen-bond acceptors (Lipinski definition) is 11. The summed E-state index contributed by atoms with van der Waals surface area (Å²) in [7, 11) is 0. The van der Waals surface area contributed by atoms with Gasteiger partial charge in [0.15, 0.2) is 5.69 Å². The standard InChI is InChI=1S/C34H40BrN5O9/c1-20-6-4-11-37-29(43)9-8-21(2)31(22(3)18-48-34(46)38-23-10-12-36-28(35)15-23)49-33(45)27-7-5-13-40(27)32(44)26-19-47-30(39-26)17-25(42)16-24(41)14-20/h4,6,8-10,12,14-15,19,21-22,24,27,31,41H,5,7,11,13,16-18H2,1-3H3,(H,37,43)(H,36,38,46)/b6-4?,9-8+,20-14?. The first kappa shape index (κ1) is 37.2. The van der Waals surface area contributed by atoms with E-state index in [9.17, 15) is 29.1 Å². The SMILES string of the molecule is CC1=CC(O)CC(=O)Cc2nc(co2)C(=O)N2CCCC2C(=O)OC(C(C)COC(=O)Nc2ccnc(Br)c2)C(C)/C=C/C(=O)NCC=C1. The van der Waals surface area contributed by atoms with E-state index in [1.807, 2.05) is 0 Å². The van der Waals surface area contributed by atoms with Crippen molar-refractivity contribution < 1.29 is 43.0 Å². The Morgan fingerprint density at radius 1 is 1.27 bits per heavy atom. The number of Topliss-reactive ketones (excluding diaryl/α,β-unsaturated/α-hetero) is 1. The van der Waals surface area contributed by atoms with Gasteiger partial charge in [-0.2, -0.15) is 0 Å². The third-order valence-electron chi connectivity index (χ3n) is 7.90. The lowest BCUT2D eigenvalue weighted by Gasteiger charge is -2.30. The number of nitrogens with one attached hydrogen (secondary N) is 2. The summed E-state index contributed by atoms with van der Waals surface area (Å²) in [5, 5.41) is 15.7. The summed E-state index contributed by atoms with van der Waals surface area (Å²) >= 11 is 3.25. The minimum Gasteiger partial charge on any atom is -0.460 e. The summed E-state index contributed by atoms with van der Waals surface area (Å²) in [6.07, 6.45) is 8.38. The van der Waals surface area contributed by atoms with Gasteiger partial charge in [-0.1, -0.05) is 43.7 Å². The zero-order chi connectivity index (χ0) is 35.5. The lowest BCUT2D eigenvalue weighted by atomic mass is 9.93. The largest absolute Gasteiger partial charge is 0.460 e. The predicted octanol–water partition coefficient (Wildman–Crippen LogP) is 3.92. The summed E-state index contributed by atoms with van der Waals surface area (Å²) in [6.45, 7) is 5.61. The fraction of sp³-hybridized carbons (Fsp3) is 0.441. The van der Waals surface area contributed by atoms with Crippen LogP contribution in [0.4, 0.5) is 10.5 Å². The second kappa shape index (κ2) is 17.7. The molecule has 1 saturated heterocycles. The molecule has 0 spiro atoms. The van der Waals surface area contributed by atoms with Gasteiger partial charge in [-0.25, -0.2) is 19.6 Å². The van der Waals surface area contributed by atoms with Crippen molar-refractivity contribution in [2.24, 2.45) is 11.8 Å². The van der Waals surface area contributed by atoms with Gasteiger partial charge in [-0.05, 0) is 53.9 Å². The van der Waals surface area contributed by atoms with Crippen LogP contribution in [0.15, 0.2) is 69.6 Å². The van der Waals surface area contributed by atoms with E-state index in [0.717, 1.165) is 6.26 Å². The number of pyridine rings is 1. The van der Waals surface area contributed by atoms with Gasteiger partial charge in [0.2, 0.25) is 11.8 Å². The number of hydrogen-bond donors (Lipinski definition) is 3. The van der Waals surface area contributed by atoms with Crippen molar-refractivity contribution in [3.05, 3.63) is 76.7 Å². The van der Waals surface area contributed by atoms with Crippen LogP contribution in [-0.4, -0.2) is 87.6 Å². The number of ether oxygens (including phenoxy) is 2. The molecule has 5 atom stereocenters. The Morgan fingerprint density at radius 3 is 2.84 bits per heavy atom. The van der Waals surface area contributed by atoms with Crippen LogP contribution in [0.1, 0.15) is 56.4 Å². The van der Waals surface area contributed by atoms with Crippen molar-refractivity contribution in [3.63, 3.8) is 0 Å². The maximum absolute atomic E-state index is 13.6. The quantitative estimate of drug-likeness (QED) is 0.304. The smallest absolute Gasteiger partial charge is 0.411 e. The molecule has 1 fully saturated rings. The van der Waals surface area contributed by atoms with Crippen molar-refractivity contribution in [3.8, 4) is 0 Å². The fourth-order valence-electron chi connectivity index (χ4n) is 5.49. The molecule has 3 N–H and O–H groups in total. The van der Waals surface area contributed by atoms with Crippen LogP contribution in [0.5, 0.6) is 0 Å². The van der Waals surface area contributed by atoms with Crippen LogP contribution in [0.25, 0.3) is 0 Å². The number of cyclic esters (lactones) is 1. The normalized spacial score (nSPS) is 24.3. The molecule has 2 aromatic heterocycles. The molecule has 4 rings (SSSR count). The molecule has 0 aliphatic carbocycles. The topological polar surface area (TPSA) is 190 Å². The Morgan fingerprint density at radius 2 is 2.06 bits per heavy atom. The predicted molar refractivity (Wildman–Crippen MR) is 180 cm³/mol. The van der Waals surface area contributed by atoms with Gasteiger partial charge in [0, 0.05) is 43.2 Å². The Kier molecular flexibility index (Phi) is 13.4. The molecule has 2 bridgehead atoms. The number of aliphatic hydroxyl groups excluding tert-OH is 1. The summed E-state index contributed by atoms with van der Waals surface area (Å²) in [6, 6.07) is 2.28. The van der Waals surface area contributed by atoms with E-state index >= 15 is 0 Å². The van der Waals surface area contributed by atoms with Gasteiger partial charge in [0.25, 0.3) is 5.91 Å². The number of carbonyl (C=O) groups excluding carboxylic acids is 5. The third kappa shape index (κ3) is 11.2. The molecule has 0 aromatic carbocycles. The molecule has 262 valence electrons. The van der Waals surface area contributed by atoms with Gasteiger partial charge in [-0.15, -0.1) is 0 Å². The van der Waals surface area contributed by atoms with Crippen molar-refractivity contribution in [2.75, 3.05) is 25.0 Å². The minimum absolute atomic E-state index is 0.0173. The molecule has 0 radical (unpaired) electrons. The number of oxazole rings is 1. The minimum atomic E-state index is -1.05. The van der Waals surface area contributed by atoms with E-state index in [1.54, 1.807) is 51.1 Å². The maximum Gasteiger partial charge on any atom is 0.411 e. The number of allylic oxidation sites excluding steroid dienone is 2. The number of carbonyl (C=O) groups is 5. The van der Waals surface area contributed by atoms with Crippen LogP contribution in [0.3, 0.4) is 0 Å². The van der Waals surface area contributed by atoms with E-state index in [2.05, 4.69) is 36.5 Å². The number of fused-ring (bicyclic) bond motifs is 3. The van der Waals surface area contributed by atoms with E-state index in [-0.39, 0.29) is 49.9 Å². The first-order valence-electron chi connectivity index (χ1n) is 15.9. The zero-order valence-electron chi connectivity index (χ0n) is 27.5. The Hall–Kier alpha value is -4.63. The first-order chi connectivity index (χ1) is 23.4. The van der Waals surface area contributed by atoms with Crippen LogP contribution in [-0.2, 0) is 30.3 Å². The van der Waals surface area contributed by atoms with Crippen molar-refractivity contribution in [1.82, 2.24) is 20.2 Å². The fourth-order valence-corrected chi connectivity index (χ4v) is 5.85. The van der Waals surface area contributed by atoms with Gasteiger partial charge >= 0.3 is 12.1 Å². The Bertz CT molecular complexity index is 1620. The van der Waals surface area contributed by atoms with E-state index in [4.69, 9.17) is 13.9 Å². The van der Waals surface area contributed by atoms with E-state index in [1.165, 1.54) is 23.2 Å². The highest BCUT2D eigenvalue weighted by molar-refractivity contribution is 9.10. The second-order valence-electron chi connectivity index (χ2n) is 12.0. The van der Waals surface area contributed by atoms with Crippen LogP contribution in [0, 0.1) is 11.8 Å². The first-order valence-corrected chi connectivity index (χ1v) is 16.7. The lowest BCUT2D eigenvalue weighted by molar-refractivity contribution is -0.159. The van der Waals surface area contributed by atoms with Gasteiger partial charge in [-0.3, -0.25) is 19.7 Å². The third-order valence-corrected chi connectivity index (χ3v) is 8.34. The molecular formula is C34H40BrN5O9. The Labute approximate surface area is 292 Å². The van der Waals surface area contributed by atoms with Crippen molar-refractivity contribution in [2.45, 2.75) is 64.7 Å². The molecule has 14 nitrogen and oxygen atoms in total. The monoisotopic (exact) mass is 741 g/mol. The summed E-state index contributed by atoms with van der Waals surface area (Å²) in [5.74, 6) is -2.95. The highest BCUT2D eigenvalue weighted by Crippen LogP contribution is 2.26. The van der Waals surface area contributed by atoms with E-state index < -0.39 is 54.0 Å². The van der Waals surface area contributed by atoms with Crippen LogP contribution < -0.4 is 10.6 Å². The molecule has 2 aromatic rings. The molecule has 0 saturated carbocycles. The average Bonchev–Trinajstić information content (AvgIpc) is 3.73. The molecule has 4 heterocycles. The lowest BCUT2D eigenvalue weighted by Crippen LogP contribution is -2.44. The molecule has 2 aliphatic rings. The second-order valence-corrected chi connectivity index (χ2v) is 12.8. The molecule has 3 amide bonds. The van der Waals surface area contributed by atoms with E-state index in [0.29, 0.717) is 28.7 Å². The highest BCUT2D eigenvalue weighted by Gasteiger charge is 2.39. The number of aromatic nitrogens is 2. The summed E-state index contributed by atoms with van der Waals surface area (Å²) in [5.41, 5.74) is 1.09. The van der Waals surface area contributed by atoms with Crippen molar-refractivity contribution >= 4 is 51.3 Å². The number of anilines is 1. The summed E-state index contributed by atoms with van der Waals surface area (Å²) in [4.78, 5) is 74.3. The zero-order valence-corrected chi connectivity index (χ0v) is 29.1. The van der Waals surface area contributed by atoms with Crippen LogP contribution in [0.2, 0.25) is 0 Å². The number of nitrogens with zero attached hydrogens (tertiary/aromatic N) is 3. The number of esters is 1. The molecule has 5 unspecified atom stereocenters. The average molecular weight is 743 g/mol. The molecule has 2 aliphatic heterocycles. The van der Waals surface area contributed by atoms with Crippen LogP contribution >= 0.6 is 15.9 Å². The molecule has 15 heteroatoms. The molecular weight excluding hydrogens is 702 g/mol. The number of halogens is 1. The molecule has 49 heavy (non-hydrogen) atoms.